The van der Waals surface area contributed by atoms with Crippen molar-refractivity contribution in [1.29, 1.82) is 0 Å². The molecule has 1 aromatic heterocycles. The fraction of sp³-hybridized carbons (Fsp3) is 0.0833. The Morgan fingerprint density at radius 3 is 2.94 bits per heavy atom. The molecular weight excluding hydrogens is 235 g/mol. The van der Waals surface area contributed by atoms with Crippen LogP contribution in [0.2, 0.25) is 0 Å². The Kier molecular flexibility index (Phi) is 3.47. The fourth-order valence-electron chi connectivity index (χ4n) is 1.42. The van der Waals surface area contributed by atoms with E-state index >= 15 is 0 Å². The van der Waals surface area contributed by atoms with Crippen molar-refractivity contribution in [3.8, 4) is 0 Å². The van der Waals surface area contributed by atoms with Crippen molar-refractivity contribution >= 4 is 11.6 Å². The first-order chi connectivity index (χ1) is 8.66. The van der Waals surface area contributed by atoms with E-state index in [1.54, 1.807) is 12.1 Å². The number of nitrogens with two attached hydrogens (primary N) is 1. The molecule has 0 radical (unpaired) electrons. The highest BCUT2D eigenvalue weighted by Crippen LogP contribution is 2.13. The molecule has 18 heavy (non-hydrogen) atoms. The van der Waals surface area contributed by atoms with E-state index in [2.05, 4.69) is 15.5 Å². The molecule has 0 saturated carbocycles. The first kappa shape index (κ1) is 12.0. The number of nitrogens with zero attached hydrogens (tertiary/aromatic N) is 2. The minimum absolute atomic E-state index is 0.110. The van der Waals surface area contributed by atoms with Gasteiger partial charge in [0, 0.05) is 11.9 Å². The maximum absolute atomic E-state index is 13.0. The summed E-state index contributed by atoms with van der Waals surface area (Å²) in [6, 6.07) is 7.09. The van der Waals surface area contributed by atoms with Crippen LogP contribution in [0.4, 0.5) is 10.1 Å². The van der Waals surface area contributed by atoms with Gasteiger partial charge in [0.15, 0.2) is 0 Å². The summed E-state index contributed by atoms with van der Waals surface area (Å²) in [7, 11) is 0. The Balaban J connectivity index is 2.06. The van der Waals surface area contributed by atoms with E-state index in [0.717, 1.165) is 6.07 Å². The van der Waals surface area contributed by atoms with Gasteiger partial charge in [-0.05, 0) is 30.3 Å². The predicted octanol–water partition coefficient (Wildman–Crippen LogP) is 1.13. The van der Waals surface area contributed by atoms with Crippen LogP contribution in [0.15, 0.2) is 36.5 Å². The molecule has 0 atom stereocenters. The lowest BCUT2D eigenvalue weighted by atomic mass is 10.1. The zero-order chi connectivity index (χ0) is 13.0. The highest BCUT2D eigenvalue weighted by atomic mass is 19.1. The number of carbonyl (C=O) groups is 1. The molecule has 0 aliphatic heterocycles. The third-order valence-electron chi connectivity index (χ3n) is 2.32. The SMILES string of the molecule is Nc1ccc(F)cc1C(=O)NCc1cccnn1. The second-order valence-corrected chi connectivity index (χ2v) is 3.63. The van der Waals surface area contributed by atoms with Gasteiger partial charge >= 0.3 is 0 Å². The number of halogens is 1. The van der Waals surface area contributed by atoms with E-state index in [-0.39, 0.29) is 17.8 Å². The van der Waals surface area contributed by atoms with Crippen molar-refractivity contribution in [2.24, 2.45) is 0 Å². The third kappa shape index (κ3) is 2.79. The number of rotatable bonds is 3. The van der Waals surface area contributed by atoms with Crippen LogP contribution in [0, 0.1) is 5.82 Å². The topological polar surface area (TPSA) is 80.9 Å². The minimum Gasteiger partial charge on any atom is -0.398 e. The molecule has 1 aromatic carbocycles. The van der Waals surface area contributed by atoms with Crippen molar-refractivity contribution in [3.63, 3.8) is 0 Å². The standard InChI is InChI=1S/C12H11FN4O/c13-8-3-4-11(14)10(6-8)12(18)15-7-9-2-1-5-16-17-9/h1-6H,7,14H2,(H,15,18). The number of anilines is 1. The van der Waals surface area contributed by atoms with E-state index in [9.17, 15) is 9.18 Å². The number of hydrogen-bond acceptors (Lipinski definition) is 4. The van der Waals surface area contributed by atoms with E-state index in [4.69, 9.17) is 5.73 Å². The van der Waals surface area contributed by atoms with Crippen molar-refractivity contribution in [2.75, 3.05) is 5.73 Å². The molecule has 0 unspecified atom stereocenters. The molecule has 0 spiro atoms. The van der Waals surface area contributed by atoms with Gasteiger partial charge in [-0.2, -0.15) is 10.2 Å². The van der Waals surface area contributed by atoms with Gasteiger partial charge in [0.2, 0.25) is 0 Å². The highest BCUT2D eigenvalue weighted by molar-refractivity contribution is 5.99. The van der Waals surface area contributed by atoms with Gasteiger partial charge in [0.25, 0.3) is 5.91 Å². The van der Waals surface area contributed by atoms with E-state index < -0.39 is 11.7 Å². The van der Waals surface area contributed by atoms with Gasteiger partial charge in [0.1, 0.15) is 5.82 Å². The molecule has 2 rings (SSSR count). The summed E-state index contributed by atoms with van der Waals surface area (Å²) in [6.07, 6.45) is 1.54. The lowest BCUT2D eigenvalue weighted by Crippen LogP contribution is -2.24. The summed E-state index contributed by atoms with van der Waals surface area (Å²) in [5, 5.41) is 10.1. The maximum atomic E-state index is 13.0. The van der Waals surface area contributed by atoms with Crippen molar-refractivity contribution < 1.29 is 9.18 Å². The summed E-state index contributed by atoms with van der Waals surface area (Å²) in [4.78, 5) is 11.8. The Labute approximate surface area is 103 Å². The number of aromatic nitrogens is 2. The number of benzene rings is 1. The van der Waals surface area contributed by atoms with Gasteiger partial charge in [-0.15, -0.1) is 0 Å². The molecule has 0 fully saturated rings. The average molecular weight is 246 g/mol. The van der Waals surface area contributed by atoms with E-state index in [0.29, 0.717) is 5.69 Å². The quantitative estimate of drug-likeness (QED) is 0.795. The zero-order valence-corrected chi connectivity index (χ0v) is 9.43. The summed E-state index contributed by atoms with van der Waals surface area (Å²) < 4.78 is 13.0. The molecule has 0 bridgehead atoms. The lowest BCUT2D eigenvalue weighted by molar-refractivity contribution is 0.0951. The van der Waals surface area contributed by atoms with Crippen LogP contribution in [0.1, 0.15) is 16.1 Å². The molecule has 6 heteroatoms. The Morgan fingerprint density at radius 2 is 2.22 bits per heavy atom. The van der Waals surface area contributed by atoms with Crippen molar-refractivity contribution in [2.45, 2.75) is 6.54 Å². The fourth-order valence-corrected chi connectivity index (χ4v) is 1.42. The Bertz CT molecular complexity index is 559. The molecule has 0 aliphatic carbocycles. The van der Waals surface area contributed by atoms with E-state index in [1.807, 2.05) is 0 Å². The van der Waals surface area contributed by atoms with Crippen molar-refractivity contribution in [3.05, 3.63) is 53.6 Å². The lowest BCUT2D eigenvalue weighted by Gasteiger charge is -2.06. The number of amides is 1. The predicted molar refractivity (Wildman–Crippen MR) is 64.0 cm³/mol. The number of nitrogen functional groups attached to an aromatic ring is 1. The molecule has 5 nitrogen and oxygen atoms in total. The van der Waals surface area contributed by atoms with Crippen LogP contribution >= 0.6 is 0 Å². The van der Waals surface area contributed by atoms with Crippen LogP contribution < -0.4 is 11.1 Å². The normalized spacial score (nSPS) is 10.1. The summed E-state index contributed by atoms with van der Waals surface area (Å²) in [6.45, 7) is 0.211. The van der Waals surface area contributed by atoms with Gasteiger partial charge in [-0.25, -0.2) is 4.39 Å². The molecule has 1 amide bonds. The number of carbonyl (C=O) groups excluding carboxylic acids is 1. The molecule has 2 aromatic rings. The summed E-state index contributed by atoms with van der Waals surface area (Å²) >= 11 is 0. The van der Waals surface area contributed by atoms with Crippen LogP contribution in [0.25, 0.3) is 0 Å². The first-order valence-corrected chi connectivity index (χ1v) is 5.26. The number of hydrogen-bond donors (Lipinski definition) is 2. The second-order valence-electron chi connectivity index (χ2n) is 3.63. The minimum atomic E-state index is -0.506. The largest absolute Gasteiger partial charge is 0.398 e. The molecule has 0 saturated heterocycles. The monoisotopic (exact) mass is 246 g/mol. The Hall–Kier alpha value is -2.50. The van der Waals surface area contributed by atoms with Gasteiger partial charge in [0.05, 0.1) is 17.8 Å². The van der Waals surface area contributed by atoms with Gasteiger partial charge < -0.3 is 11.1 Å². The van der Waals surface area contributed by atoms with Gasteiger partial charge in [-0.3, -0.25) is 4.79 Å². The molecule has 3 N–H and O–H groups in total. The van der Waals surface area contributed by atoms with Crippen LogP contribution in [0.3, 0.4) is 0 Å². The zero-order valence-electron chi connectivity index (χ0n) is 9.43. The molecule has 1 heterocycles. The summed E-state index contributed by atoms with van der Waals surface area (Å²) in [5.74, 6) is -0.952. The smallest absolute Gasteiger partial charge is 0.253 e. The third-order valence-corrected chi connectivity index (χ3v) is 2.32. The molecule has 0 aliphatic rings. The highest BCUT2D eigenvalue weighted by Gasteiger charge is 2.10. The molecular formula is C12H11FN4O. The Morgan fingerprint density at radius 1 is 1.39 bits per heavy atom. The first-order valence-electron chi connectivity index (χ1n) is 5.26. The van der Waals surface area contributed by atoms with E-state index in [1.165, 1.54) is 18.3 Å². The second kappa shape index (κ2) is 5.22. The number of nitrogens with one attached hydrogen (secondary N) is 1. The van der Waals surface area contributed by atoms with Crippen molar-refractivity contribution in [1.82, 2.24) is 15.5 Å². The maximum Gasteiger partial charge on any atom is 0.253 e. The van der Waals surface area contributed by atoms with Crippen LogP contribution in [-0.4, -0.2) is 16.1 Å². The summed E-state index contributed by atoms with van der Waals surface area (Å²) in [5.41, 5.74) is 6.56. The van der Waals surface area contributed by atoms with Gasteiger partial charge in [-0.1, -0.05) is 0 Å². The van der Waals surface area contributed by atoms with Crippen LogP contribution in [0.5, 0.6) is 0 Å². The molecule has 92 valence electrons. The van der Waals surface area contributed by atoms with Crippen LogP contribution in [-0.2, 0) is 6.54 Å². The average Bonchev–Trinajstić information content (AvgIpc) is 2.40.